The molecule has 8 nitrogen and oxygen atoms in total. The zero-order valence-corrected chi connectivity index (χ0v) is 18.5. The van der Waals surface area contributed by atoms with Gasteiger partial charge in [-0.2, -0.15) is 0 Å². The molecule has 2 aromatic carbocycles. The average Bonchev–Trinajstić information content (AvgIpc) is 3.08. The highest BCUT2D eigenvalue weighted by Crippen LogP contribution is 2.35. The number of halogens is 1. The van der Waals surface area contributed by atoms with E-state index in [0.717, 1.165) is 16.9 Å². The number of aromatic nitrogens is 1. The average molecular weight is 470 g/mol. The maximum atomic E-state index is 13.4. The Morgan fingerprint density at radius 3 is 2.59 bits per heavy atom. The molecule has 1 aliphatic rings. The molecule has 1 aliphatic heterocycles. The molecule has 0 spiro atoms. The van der Waals surface area contributed by atoms with Gasteiger partial charge in [0.1, 0.15) is 6.04 Å². The number of para-hydroxylation sites is 1. The normalized spacial score (nSPS) is 15.8. The molecule has 1 aromatic heterocycles. The largest absolute Gasteiger partial charge is 0.466 e. The van der Waals surface area contributed by atoms with Gasteiger partial charge in [0.25, 0.3) is 11.2 Å². The van der Waals surface area contributed by atoms with Gasteiger partial charge < -0.3 is 4.74 Å². The van der Waals surface area contributed by atoms with E-state index in [9.17, 15) is 19.7 Å². The van der Waals surface area contributed by atoms with Crippen LogP contribution < -0.4 is 14.9 Å². The summed E-state index contributed by atoms with van der Waals surface area (Å²) in [5.74, 6) is -0.707. The van der Waals surface area contributed by atoms with Crippen molar-refractivity contribution >= 4 is 40.7 Å². The smallest absolute Gasteiger partial charge is 0.338 e. The van der Waals surface area contributed by atoms with Crippen LogP contribution in [0.25, 0.3) is 6.08 Å². The number of methoxy groups -OCH3 is 1. The molecule has 3 aromatic rings. The summed E-state index contributed by atoms with van der Waals surface area (Å²) in [7, 11) is 1.21. The van der Waals surface area contributed by atoms with Crippen molar-refractivity contribution in [2.45, 2.75) is 13.0 Å². The first kappa shape index (κ1) is 21.7. The number of carbonyl (C=O) groups is 1. The minimum atomic E-state index is -1.05. The van der Waals surface area contributed by atoms with E-state index in [1.165, 1.54) is 29.9 Å². The maximum Gasteiger partial charge on any atom is 0.338 e. The highest BCUT2D eigenvalue weighted by molar-refractivity contribution is 7.07. The standard InChI is InChI=1S/C22H16ClN3O5S/c1-12-18(21(28)31-2)19(15-5-3-4-6-16(15)26(29)30)25-20(27)17(32-22(25)24-12)11-13-7-9-14(23)10-8-13/h3-11,19H,1-2H3. The third-order valence-electron chi connectivity index (χ3n) is 5.02. The number of allylic oxidation sites excluding steroid dienone is 1. The molecule has 0 amide bonds. The number of carbonyl (C=O) groups excluding carboxylic acids is 1. The number of fused-ring (bicyclic) bond motifs is 1. The van der Waals surface area contributed by atoms with E-state index in [1.807, 2.05) is 0 Å². The monoisotopic (exact) mass is 469 g/mol. The van der Waals surface area contributed by atoms with Crippen molar-refractivity contribution < 1.29 is 14.5 Å². The lowest BCUT2D eigenvalue weighted by Crippen LogP contribution is -2.40. The van der Waals surface area contributed by atoms with E-state index >= 15 is 0 Å². The van der Waals surface area contributed by atoms with E-state index in [0.29, 0.717) is 20.1 Å². The molecule has 0 saturated carbocycles. The Morgan fingerprint density at radius 1 is 1.25 bits per heavy atom. The summed E-state index contributed by atoms with van der Waals surface area (Å²) in [6.07, 6.45) is 1.69. The number of ether oxygens (including phenoxy) is 1. The number of thiazole rings is 1. The summed E-state index contributed by atoms with van der Waals surface area (Å²) in [5.41, 5.74) is 0.741. The first-order valence-corrected chi connectivity index (χ1v) is 10.6. The Morgan fingerprint density at radius 2 is 1.94 bits per heavy atom. The van der Waals surface area contributed by atoms with E-state index < -0.39 is 22.5 Å². The van der Waals surface area contributed by atoms with Gasteiger partial charge in [-0.25, -0.2) is 9.79 Å². The summed E-state index contributed by atoms with van der Waals surface area (Å²) >= 11 is 7.07. The van der Waals surface area contributed by atoms with Crippen LogP contribution in [0.3, 0.4) is 0 Å². The van der Waals surface area contributed by atoms with Crippen LogP contribution in [0.5, 0.6) is 0 Å². The van der Waals surface area contributed by atoms with Crippen molar-refractivity contribution in [2.75, 3.05) is 7.11 Å². The highest BCUT2D eigenvalue weighted by Gasteiger charge is 2.36. The summed E-state index contributed by atoms with van der Waals surface area (Å²) in [6.45, 7) is 1.62. The molecule has 1 unspecified atom stereocenters. The van der Waals surface area contributed by atoms with E-state index in [2.05, 4.69) is 4.99 Å². The third-order valence-corrected chi connectivity index (χ3v) is 6.26. The van der Waals surface area contributed by atoms with Crippen LogP contribution >= 0.6 is 22.9 Å². The van der Waals surface area contributed by atoms with Crippen molar-refractivity contribution in [2.24, 2.45) is 4.99 Å². The second-order valence-electron chi connectivity index (χ2n) is 6.94. The molecule has 10 heteroatoms. The zero-order chi connectivity index (χ0) is 23.0. The van der Waals surface area contributed by atoms with Crippen LogP contribution in [0.15, 0.2) is 69.6 Å². The van der Waals surface area contributed by atoms with E-state index in [4.69, 9.17) is 16.3 Å². The Balaban J connectivity index is 2.02. The van der Waals surface area contributed by atoms with Crippen LogP contribution in [0.2, 0.25) is 5.02 Å². The zero-order valence-electron chi connectivity index (χ0n) is 16.9. The first-order chi connectivity index (χ1) is 15.3. The highest BCUT2D eigenvalue weighted by atomic mass is 35.5. The predicted octanol–water partition coefficient (Wildman–Crippen LogP) is 2.97. The number of rotatable bonds is 4. The van der Waals surface area contributed by atoms with Gasteiger partial charge in [0.05, 0.1) is 33.4 Å². The summed E-state index contributed by atoms with van der Waals surface area (Å²) in [5, 5.41) is 12.3. The van der Waals surface area contributed by atoms with Crippen molar-refractivity contribution in [3.05, 3.63) is 106 Å². The van der Waals surface area contributed by atoms with Crippen LogP contribution in [-0.4, -0.2) is 22.6 Å². The maximum absolute atomic E-state index is 13.4. The number of hydrogen-bond acceptors (Lipinski definition) is 7. The minimum absolute atomic E-state index is 0.0762. The lowest BCUT2D eigenvalue weighted by atomic mass is 9.94. The van der Waals surface area contributed by atoms with Crippen LogP contribution in [0.4, 0.5) is 5.69 Å². The van der Waals surface area contributed by atoms with Crippen molar-refractivity contribution in [3.63, 3.8) is 0 Å². The molecule has 32 heavy (non-hydrogen) atoms. The molecule has 0 aliphatic carbocycles. The molecular weight excluding hydrogens is 454 g/mol. The Bertz CT molecular complexity index is 1450. The van der Waals surface area contributed by atoms with Crippen molar-refractivity contribution in [3.8, 4) is 0 Å². The van der Waals surface area contributed by atoms with Gasteiger partial charge in [-0.1, -0.05) is 47.2 Å². The SMILES string of the molecule is COC(=O)C1=C(C)N=c2sc(=Cc3ccc(Cl)cc3)c(=O)n2C1c1ccccc1[N+](=O)[O-]. The predicted molar refractivity (Wildman–Crippen MR) is 120 cm³/mol. The fraction of sp³-hybridized carbons (Fsp3) is 0.136. The van der Waals surface area contributed by atoms with Gasteiger partial charge in [0, 0.05) is 11.1 Å². The fourth-order valence-corrected chi connectivity index (χ4v) is 4.75. The van der Waals surface area contributed by atoms with Gasteiger partial charge in [0.2, 0.25) is 0 Å². The van der Waals surface area contributed by atoms with Gasteiger partial charge in [-0.3, -0.25) is 19.5 Å². The Labute approximate surface area is 190 Å². The topological polar surface area (TPSA) is 104 Å². The number of nitrogens with zero attached hydrogens (tertiary/aromatic N) is 3. The molecule has 4 rings (SSSR count). The number of hydrogen-bond donors (Lipinski definition) is 0. The van der Waals surface area contributed by atoms with Crippen LogP contribution in [0, 0.1) is 10.1 Å². The van der Waals surface area contributed by atoms with Crippen molar-refractivity contribution in [1.29, 1.82) is 0 Å². The number of esters is 1. The summed E-state index contributed by atoms with van der Waals surface area (Å²) in [4.78, 5) is 42.0. The molecule has 1 atom stereocenters. The van der Waals surface area contributed by atoms with Crippen LogP contribution in [0.1, 0.15) is 24.1 Å². The molecule has 2 heterocycles. The summed E-state index contributed by atoms with van der Waals surface area (Å²) < 4.78 is 6.60. The number of nitro benzene ring substituents is 1. The lowest BCUT2D eigenvalue weighted by molar-refractivity contribution is -0.385. The van der Waals surface area contributed by atoms with Gasteiger partial charge in [-0.15, -0.1) is 0 Å². The van der Waals surface area contributed by atoms with Gasteiger partial charge >= 0.3 is 5.97 Å². The lowest BCUT2D eigenvalue weighted by Gasteiger charge is -2.24. The molecule has 0 N–H and O–H groups in total. The van der Waals surface area contributed by atoms with Crippen LogP contribution in [-0.2, 0) is 9.53 Å². The molecule has 0 fully saturated rings. The number of benzene rings is 2. The Hall–Kier alpha value is -3.56. The molecule has 0 radical (unpaired) electrons. The van der Waals surface area contributed by atoms with Gasteiger partial charge in [0.15, 0.2) is 4.80 Å². The van der Waals surface area contributed by atoms with Gasteiger partial charge in [-0.05, 0) is 36.8 Å². The molecule has 162 valence electrons. The quantitative estimate of drug-likeness (QED) is 0.332. The van der Waals surface area contributed by atoms with Crippen molar-refractivity contribution in [1.82, 2.24) is 4.57 Å². The fourth-order valence-electron chi connectivity index (χ4n) is 3.58. The molecular formula is C22H16ClN3O5S. The third kappa shape index (κ3) is 3.76. The number of nitro groups is 1. The molecule has 0 saturated heterocycles. The Kier molecular flexibility index (Phi) is 5.77. The van der Waals surface area contributed by atoms with E-state index in [1.54, 1.807) is 43.3 Å². The summed E-state index contributed by atoms with van der Waals surface area (Å²) in [6, 6.07) is 11.9. The van der Waals surface area contributed by atoms with E-state index in [-0.39, 0.29) is 16.8 Å². The second-order valence-corrected chi connectivity index (χ2v) is 8.39. The molecule has 0 bridgehead atoms. The first-order valence-electron chi connectivity index (χ1n) is 9.41. The second kappa shape index (κ2) is 8.52. The minimum Gasteiger partial charge on any atom is -0.466 e.